The lowest BCUT2D eigenvalue weighted by Crippen LogP contribution is -2.13. The highest BCUT2D eigenvalue weighted by molar-refractivity contribution is 6.23. The van der Waals surface area contributed by atoms with E-state index >= 15 is 0 Å². The second-order valence-electron chi connectivity index (χ2n) is 31.5. The van der Waals surface area contributed by atoms with Gasteiger partial charge in [-0.15, -0.1) is 0 Å². The maximum atomic E-state index is 6.05. The zero-order chi connectivity index (χ0) is 89.6. The van der Waals surface area contributed by atoms with Gasteiger partial charge in [0.2, 0.25) is 0 Å². The minimum atomic E-state index is -0.688. The molecule has 0 N–H and O–H groups in total. The molecule has 15 nitrogen and oxygen atoms in total. The highest BCUT2D eigenvalue weighted by Crippen LogP contribution is 2.36. The van der Waals surface area contributed by atoms with Crippen LogP contribution in [0.15, 0.2) is 315 Å². The number of para-hydroxylation sites is 5. The predicted octanol–water partition coefficient (Wildman–Crippen LogP) is 25.8. The molecule has 5 aromatic heterocycles. The molecule has 0 amide bonds. The Morgan fingerprint density at radius 2 is 0.492 bits per heavy atom. The molecule has 13 aromatic carbocycles. The Morgan fingerprint density at radius 1 is 0.188 bits per heavy atom. The minimum Gasteiger partial charge on any atom is -0.616 e. The summed E-state index contributed by atoms with van der Waals surface area (Å²) in [4.78, 5) is 23.2. The number of pyridine rings is 5. The summed E-state index contributed by atoms with van der Waals surface area (Å²) in [7, 11) is 0. The van der Waals surface area contributed by atoms with Crippen LogP contribution in [0.3, 0.4) is 0 Å². The van der Waals surface area contributed by atoms with Crippen molar-refractivity contribution in [3.63, 3.8) is 0 Å². The molecule has 0 atom stereocenters. The molecule has 629 valence electrons. The molecule has 0 spiro atoms. The molecule has 0 saturated carbocycles. The van der Waals surface area contributed by atoms with Gasteiger partial charge in [0.05, 0.1) is 28.7 Å². The highest BCUT2D eigenvalue weighted by atomic mass is 27.2. The second-order valence-corrected chi connectivity index (χ2v) is 34.8. The first kappa shape index (κ1) is 91.8. The van der Waals surface area contributed by atoms with Crippen LogP contribution < -0.4 is 37.9 Å². The molecule has 0 saturated heterocycles. The summed E-state index contributed by atoms with van der Waals surface area (Å²) in [5.41, 5.74) is 28.4. The molecule has 0 bridgehead atoms. The van der Waals surface area contributed by atoms with E-state index in [0.29, 0.717) is 0 Å². The first-order valence-electron chi connectivity index (χ1n) is 42.3. The van der Waals surface area contributed by atoms with Crippen LogP contribution in [0.25, 0.3) is 87.9 Å². The molecule has 18 aromatic rings. The number of hydrogen-bond acceptors (Lipinski definition) is 15. The third kappa shape index (κ3) is 24.5. The molecule has 128 heavy (non-hydrogen) atoms. The summed E-state index contributed by atoms with van der Waals surface area (Å²) < 4.78 is 59.3. The second kappa shape index (κ2) is 44.3. The van der Waals surface area contributed by atoms with Crippen LogP contribution in [-0.2, 0) is 0 Å². The smallest absolute Gasteiger partial charge is 0.616 e. The van der Waals surface area contributed by atoms with Gasteiger partial charge >= 0.3 is 79.4 Å². The standard InChI is InChI=1S/3C12H10O.4C11H11NO.C10H9NO.C10H14O.C8H10O.5Al/c2*13-12-8-4-7-11(9-12)10-5-2-1-3-6-10;13-12-8-6-11(7-9-12)10-4-2-1-3-5-10;4*1-7-6-8(2)12-11-9(7)4-3-5-10(11)13;1-7-5-6-8-3-2-4-9(12)10(8)11-7;1-6-5-7(2)9(4)10(11)8(6)3;1-6-3-7(2)5-8(9)4-6;;;;;/h3*1-9,13H;4*3-6,13H,1-2H3;2-6,12H,1H3;5,11H,1-4H3;3-5,9H,1-2H3;;;;;/q;;;;;;;;;;5*+2/p-10. The Bertz CT molecular complexity index is 6680. The predicted molar refractivity (Wildman–Crippen MR) is 523 cm³/mol. The van der Waals surface area contributed by atoms with E-state index in [1.54, 1.807) is 0 Å². The summed E-state index contributed by atoms with van der Waals surface area (Å²) in [5, 5.41) is 5.55. The van der Waals surface area contributed by atoms with Gasteiger partial charge in [0.25, 0.3) is 0 Å². The molecule has 0 unspecified atom stereocenters. The fourth-order valence-corrected chi connectivity index (χ4v) is 18.2. The number of rotatable bonds is 23. The Labute approximate surface area is 784 Å². The van der Waals surface area contributed by atoms with Crippen molar-refractivity contribution in [1.29, 1.82) is 0 Å². The number of hydrogen-bond donors (Lipinski definition) is 0. The Balaban J connectivity index is 0.000000130. The van der Waals surface area contributed by atoms with Gasteiger partial charge in [-0.1, -0.05) is 206 Å². The van der Waals surface area contributed by atoms with Gasteiger partial charge in [-0.25, -0.2) is 24.9 Å². The Morgan fingerprint density at radius 3 is 0.875 bits per heavy atom. The van der Waals surface area contributed by atoms with Crippen molar-refractivity contribution in [2.45, 2.75) is 104 Å². The van der Waals surface area contributed by atoms with Crippen molar-refractivity contribution >= 4 is 134 Å². The van der Waals surface area contributed by atoms with E-state index in [4.69, 9.17) is 37.9 Å². The number of benzene rings is 13. The monoisotopic (exact) mass is 1760 g/mol. The van der Waals surface area contributed by atoms with Gasteiger partial charge in [0.15, 0.2) is 0 Å². The zero-order valence-electron chi connectivity index (χ0n) is 74.7. The van der Waals surface area contributed by atoms with E-state index in [9.17, 15) is 0 Å². The average Bonchev–Trinajstić information content (AvgIpc) is 0.804. The minimum absolute atomic E-state index is 0.637. The summed E-state index contributed by atoms with van der Waals surface area (Å²) in [5.74, 6) is 8.13. The molecule has 18 rings (SSSR count). The largest absolute Gasteiger partial charge is 0.881 e. The zero-order valence-corrected chi connectivity index (χ0v) is 80.5. The summed E-state index contributed by atoms with van der Waals surface area (Å²) in [6.45, 7) is 30.9. The molecule has 0 fully saturated rings. The van der Waals surface area contributed by atoms with Crippen LogP contribution in [0.2, 0.25) is 0 Å². The molecule has 0 aliphatic carbocycles. The van der Waals surface area contributed by atoms with E-state index in [-0.39, 0.29) is 0 Å². The van der Waals surface area contributed by atoms with Crippen LogP contribution in [0.5, 0.6) is 57.5 Å². The average molecular weight is 1760 g/mol. The lowest BCUT2D eigenvalue weighted by molar-refractivity contribution is 0.456. The molecular weight excluding hydrogens is 1660 g/mol. The summed E-state index contributed by atoms with van der Waals surface area (Å²) in [6.07, 6.45) is 0. The van der Waals surface area contributed by atoms with Crippen molar-refractivity contribution in [3.05, 3.63) is 400 Å². The molecule has 20 heteroatoms. The van der Waals surface area contributed by atoms with Gasteiger partial charge < -0.3 is 37.9 Å². The maximum Gasteiger partial charge on any atom is 0.881 e. The van der Waals surface area contributed by atoms with E-state index < -0.39 is 79.4 Å². The lowest BCUT2D eigenvalue weighted by atomic mass is 10.0. The van der Waals surface area contributed by atoms with Crippen LogP contribution in [0.4, 0.5) is 0 Å². The molecule has 5 heterocycles. The fraction of sp³-hybridized carbons (Fsp3) is 0.139. The van der Waals surface area contributed by atoms with Crippen LogP contribution in [0.1, 0.15) is 84.1 Å². The third-order valence-corrected chi connectivity index (χ3v) is 25.0. The maximum absolute atomic E-state index is 6.05. The first-order valence-corrected chi connectivity index (χ1v) is 47.0. The molecule has 5 radical (unpaired) electrons. The van der Waals surface area contributed by atoms with Crippen LogP contribution in [0, 0.1) is 104 Å². The van der Waals surface area contributed by atoms with E-state index in [1.807, 2.05) is 223 Å². The third-order valence-electron chi connectivity index (χ3n) is 21.5. The van der Waals surface area contributed by atoms with Crippen molar-refractivity contribution in [2.24, 2.45) is 0 Å². The molecule has 0 aliphatic heterocycles. The van der Waals surface area contributed by atoms with Crippen molar-refractivity contribution in [1.82, 2.24) is 24.9 Å². The lowest BCUT2D eigenvalue weighted by Gasteiger charge is -2.17. The SMILES string of the molecule is Cc1cc(C)c2cccc([O][Al][O]c3ccc(-c4ccccc4)cc3)c2n1.Cc1cc(C)c2cccc([O][Al][O]c3cccc(-c4ccccc4)c3)c2n1.Cc1cc(C)c2cccc([O][Al][O]c3cccc(-c4ccccc4)c3)c2n1.Cc1cc(C)cc([O][Al][O]c2cccc3c(C)cc(C)nc23)c1.Cc1ccc2cccc([O][Al][O]c3c(C)c(C)cc(C)c3C)c2n1. The number of fused-ring (bicyclic) bond motifs is 5. The quantitative estimate of drug-likeness (QED) is 0.0557. The van der Waals surface area contributed by atoms with E-state index in [0.717, 1.165) is 152 Å². The van der Waals surface area contributed by atoms with Gasteiger partial charge in [-0.2, -0.15) is 0 Å². The van der Waals surface area contributed by atoms with Gasteiger partial charge in [-0.05, 0) is 302 Å². The van der Waals surface area contributed by atoms with Gasteiger partial charge in [-0.3, -0.25) is 0 Å². The number of aromatic nitrogens is 5. The summed E-state index contributed by atoms with van der Waals surface area (Å²) in [6, 6.07) is 106. The molecular formula is C108H97Al5N5O10. The fourth-order valence-electron chi connectivity index (χ4n) is 15.0. The van der Waals surface area contributed by atoms with Crippen molar-refractivity contribution < 1.29 is 37.9 Å². The van der Waals surface area contributed by atoms with E-state index in [2.05, 4.69) is 222 Å². The summed E-state index contributed by atoms with van der Waals surface area (Å²) >= 11 is -3.34. The molecule has 0 aliphatic rings. The van der Waals surface area contributed by atoms with Gasteiger partial charge in [0, 0.05) is 55.4 Å². The van der Waals surface area contributed by atoms with E-state index in [1.165, 1.54) is 77.9 Å². The highest BCUT2D eigenvalue weighted by Gasteiger charge is 2.20. The van der Waals surface area contributed by atoms with Crippen molar-refractivity contribution in [2.75, 3.05) is 0 Å². The van der Waals surface area contributed by atoms with Crippen molar-refractivity contribution in [3.8, 4) is 90.9 Å². The number of nitrogens with zero attached hydrogens (tertiary/aromatic N) is 5. The van der Waals surface area contributed by atoms with Crippen LogP contribution in [-0.4, -0.2) is 104 Å². The topological polar surface area (TPSA) is 157 Å². The first-order chi connectivity index (χ1) is 62.1. The van der Waals surface area contributed by atoms with Crippen LogP contribution >= 0.6 is 0 Å². The van der Waals surface area contributed by atoms with Gasteiger partial charge in [0.1, 0.15) is 56.3 Å². The number of aryl methyl sites for hydroxylation is 13. The Kier molecular flexibility index (Phi) is 31.8. The Hall–Kier alpha value is -12.4. The normalized spacial score (nSPS) is 10.6.